The van der Waals surface area contributed by atoms with Crippen molar-refractivity contribution in [2.75, 3.05) is 18.5 Å². The van der Waals surface area contributed by atoms with Crippen LogP contribution in [0, 0.1) is 11.3 Å². The average Bonchev–Trinajstić information content (AvgIpc) is 2.97. The molecule has 0 aliphatic heterocycles. The van der Waals surface area contributed by atoms with Crippen LogP contribution in [0.15, 0.2) is 97.2 Å². The first-order chi connectivity index (χ1) is 18.7. The van der Waals surface area contributed by atoms with Gasteiger partial charge in [-0.05, 0) is 66.6 Å². The minimum atomic E-state index is -0.700. The normalized spacial score (nSPS) is 11.2. The fourth-order valence-electron chi connectivity index (χ4n) is 3.90. The summed E-state index contributed by atoms with van der Waals surface area (Å²) in [6.07, 6.45) is 2.36. The van der Waals surface area contributed by atoms with E-state index in [0.29, 0.717) is 43.2 Å². The zero-order valence-electron chi connectivity index (χ0n) is 21.3. The summed E-state index contributed by atoms with van der Waals surface area (Å²) in [5.74, 6) is 0.978. The highest BCUT2D eigenvalue weighted by atomic mass is 16.5. The molecule has 7 nitrogen and oxygen atoms in total. The lowest BCUT2D eigenvalue weighted by molar-refractivity contribution is -0.121. The molecule has 1 heterocycles. The third-order valence-corrected chi connectivity index (χ3v) is 5.83. The predicted molar refractivity (Wildman–Crippen MR) is 147 cm³/mol. The van der Waals surface area contributed by atoms with Crippen molar-refractivity contribution in [2.45, 2.75) is 26.0 Å². The number of nitrogens with zero attached hydrogens (tertiary/aromatic N) is 2. The number of rotatable bonds is 12. The van der Waals surface area contributed by atoms with E-state index in [2.05, 4.69) is 21.7 Å². The Hall–Kier alpha value is -4.83. The Labute approximate surface area is 223 Å². The molecular formula is C31H30N4O3. The molecule has 1 atom stereocenters. The van der Waals surface area contributed by atoms with Gasteiger partial charge in [0.2, 0.25) is 5.91 Å². The van der Waals surface area contributed by atoms with Crippen molar-refractivity contribution in [3.63, 3.8) is 0 Å². The van der Waals surface area contributed by atoms with E-state index < -0.39 is 6.04 Å². The van der Waals surface area contributed by atoms with Gasteiger partial charge in [-0.3, -0.25) is 9.78 Å². The van der Waals surface area contributed by atoms with Gasteiger partial charge < -0.3 is 20.1 Å². The molecule has 192 valence electrons. The van der Waals surface area contributed by atoms with E-state index in [4.69, 9.17) is 14.7 Å². The highest BCUT2D eigenvalue weighted by molar-refractivity contribution is 5.86. The maximum atomic E-state index is 13.4. The van der Waals surface area contributed by atoms with Gasteiger partial charge in [-0.25, -0.2) is 0 Å². The van der Waals surface area contributed by atoms with Crippen molar-refractivity contribution in [3.8, 4) is 17.6 Å². The minimum absolute atomic E-state index is 0.189. The quantitative estimate of drug-likeness (QED) is 0.266. The summed E-state index contributed by atoms with van der Waals surface area (Å²) in [5, 5.41) is 15.5. The molecule has 4 aromatic rings. The van der Waals surface area contributed by atoms with Gasteiger partial charge in [0.05, 0.1) is 18.2 Å². The topological polar surface area (TPSA) is 96.3 Å². The van der Waals surface area contributed by atoms with Crippen LogP contribution in [-0.4, -0.2) is 24.0 Å². The molecule has 0 radical (unpaired) electrons. The maximum Gasteiger partial charge on any atom is 0.247 e. The summed E-state index contributed by atoms with van der Waals surface area (Å²) in [5.41, 5.74) is 3.94. The zero-order valence-corrected chi connectivity index (χ0v) is 21.3. The van der Waals surface area contributed by atoms with Gasteiger partial charge in [0.1, 0.15) is 12.6 Å². The van der Waals surface area contributed by atoms with Crippen molar-refractivity contribution in [3.05, 3.63) is 120 Å². The Balaban J connectivity index is 1.55. The van der Waals surface area contributed by atoms with Gasteiger partial charge in [-0.1, -0.05) is 42.5 Å². The lowest BCUT2D eigenvalue weighted by Gasteiger charge is -2.22. The fraction of sp³-hybridized carbons (Fsp3) is 0.194. The van der Waals surface area contributed by atoms with Crippen LogP contribution in [-0.2, 0) is 17.8 Å². The first-order valence-electron chi connectivity index (χ1n) is 12.5. The monoisotopic (exact) mass is 506 g/mol. The highest BCUT2D eigenvalue weighted by Gasteiger charge is 2.22. The van der Waals surface area contributed by atoms with Crippen LogP contribution in [0.5, 0.6) is 11.5 Å². The first kappa shape index (κ1) is 26.2. The number of nitriles is 1. The number of nitrogens with one attached hydrogen (secondary N) is 2. The molecule has 2 N–H and O–H groups in total. The van der Waals surface area contributed by atoms with Crippen LogP contribution in [0.2, 0.25) is 0 Å². The van der Waals surface area contributed by atoms with Crippen LogP contribution >= 0.6 is 0 Å². The molecule has 7 heteroatoms. The number of anilines is 1. The Bertz CT molecular complexity index is 1350. The van der Waals surface area contributed by atoms with Gasteiger partial charge in [0.25, 0.3) is 0 Å². The largest absolute Gasteiger partial charge is 0.490 e. The molecule has 1 aromatic heterocycles. The van der Waals surface area contributed by atoms with E-state index in [-0.39, 0.29) is 5.91 Å². The van der Waals surface area contributed by atoms with E-state index in [1.54, 1.807) is 30.5 Å². The fourth-order valence-corrected chi connectivity index (χ4v) is 3.90. The number of hydrogen-bond acceptors (Lipinski definition) is 6. The Morgan fingerprint density at radius 3 is 2.45 bits per heavy atom. The molecule has 0 spiro atoms. The number of amides is 1. The summed E-state index contributed by atoms with van der Waals surface area (Å²) in [4.78, 5) is 17.7. The molecule has 1 amide bonds. The summed E-state index contributed by atoms with van der Waals surface area (Å²) in [7, 11) is 0. The summed E-state index contributed by atoms with van der Waals surface area (Å²) >= 11 is 0. The summed E-state index contributed by atoms with van der Waals surface area (Å²) in [6, 6.07) is 29.6. The smallest absolute Gasteiger partial charge is 0.247 e. The molecule has 38 heavy (non-hydrogen) atoms. The van der Waals surface area contributed by atoms with Crippen LogP contribution in [0.25, 0.3) is 0 Å². The van der Waals surface area contributed by atoms with Crippen LogP contribution in [0.4, 0.5) is 5.69 Å². The maximum absolute atomic E-state index is 13.4. The third kappa shape index (κ3) is 7.34. The first-order valence-corrected chi connectivity index (χ1v) is 12.5. The van der Waals surface area contributed by atoms with Crippen molar-refractivity contribution in [2.24, 2.45) is 0 Å². The van der Waals surface area contributed by atoms with E-state index >= 15 is 0 Å². The number of hydrogen-bond donors (Lipinski definition) is 2. The molecule has 0 fully saturated rings. The Kier molecular flexibility index (Phi) is 9.30. The molecule has 0 aliphatic rings. The SMILES string of the molecule is CCOc1cc(C(Nc2ccc(C#N)cc2)C(=O)NCCc2ccccn2)ccc1OCc1ccccc1. The van der Waals surface area contributed by atoms with Crippen LogP contribution < -0.4 is 20.1 Å². The molecule has 0 saturated heterocycles. The predicted octanol–water partition coefficient (Wildman–Crippen LogP) is 5.44. The second-order valence-electron chi connectivity index (χ2n) is 8.54. The summed E-state index contributed by atoms with van der Waals surface area (Å²) in [6.45, 7) is 3.21. The van der Waals surface area contributed by atoms with Crippen molar-refractivity contribution in [1.29, 1.82) is 5.26 Å². The molecule has 1 unspecified atom stereocenters. The zero-order chi connectivity index (χ0) is 26.6. The summed E-state index contributed by atoms with van der Waals surface area (Å²) < 4.78 is 11.9. The highest BCUT2D eigenvalue weighted by Crippen LogP contribution is 2.33. The molecule has 0 aliphatic carbocycles. The van der Waals surface area contributed by atoms with E-state index in [0.717, 1.165) is 22.5 Å². The lowest BCUT2D eigenvalue weighted by atomic mass is 10.0. The van der Waals surface area contributed by atoms with Gasteiger partial charge in [0.15, 0.2) is 11.5 Å². The standard InChI is InChI=1S/C31H30N4O3/c1-2-37-29-20-25(13-16-28(29)38-22-24-8-4-3-5-9-24)30(35-27-14-11-23(21-32)12-15-27)31(36)34-19-17-26-10-6-7-18-33-26/h3-16,18,20,30,35H,2,17,19,22H2,1H3,(H,34,36). The van der Waals surface area contributed by atoms with Gasteiger partial charge in [-0.15, -0.1) is 0 Å². The minimum Gasteiger partial charge on any atom is -0.490 e. The van der Waals surface area contributed by atoms with Crippen molar-refractivity contribution >= 4 is 11.6 Å². The van der Waals surface area contributed by atoms with Gasteiger partial charge >= 0.3 is 0 Å². The second kappa shape index (κ2) is 13.5. The number of aromatic nitrogens is 1. The Morgan fingerprint density at radius 1 is 0.947 bits per heavy atom. The molecule has 0 saturated carbocycles. The van der Waals surface area contributed by atoms with Crippen LogP contribution in [0.3, 0.4) is 0 Å². The number of carbonyl (C=O) groups excluding carboxylic acids is 1. The third-order valence-electron chi connectivity index (χ3n) is 5.83. The molecular weight excluding hydrogens is 476 g/mol. The number of pyridine rings is 1. The van der Waals surface area contributed by atoms with E-state index in [9.17, 15) is 4.79 Å². The number of ether oxygens (including phenoxy) is 2. The second-order valence-corrected chi connectivity index (χ2v) is 8.54. The average molecular weight is 507 g/mol. The number of benzene rings is 3. The van der Waals surface area contributed by atoms with E-state index in [1.165, 1.54) is 0 Å². The van der Waals surface area contributed by atoms with E-state index in [1.807, 2.05) is 73.7 Å². The van der Waals surface area contributed by atoms with Crippen LogP contribution in [0.1, 0.15) is 35.3 Å². The Morgan fingerprint density at radius 2 is 1.74 bits per heavy atom. The molecule has 4 rings (SSSR count). The molecule has 3 aromatic carbocycles. The van der Waals surface area contributed by atoms with Gasteiger partial charge in [0, 0.05) is 30.5 Å². The van der Waals surface area contributed by atoms with Crippen molar-refractivity contribution in [1.82, 2.24) is 10.3 Å². The van der Waals surface area contributed by atoms with Crippen molar-refractivity contribution < 1.29 is 14.3 Å². The lowest BCUT2D eigenvalue weighted by Crippen LogP contribution is -2.34. The number of carbonyl (C=O) groups is 1. The van der Waals surface area contributed by atoms with Gasteiger partial charge in [-0.2, -0.15) is 5.26 Å². The molecule has 0 bridgehead atoms.